The fourth-order valence-electron chi connectivity index (χ4n) is 1.39. The molecule has 0 aromatic carbocycles. The fraction of sp³-hybridized carbons (Fsp3) is 0.800. The van der Waals surface area contributed by atoms with Crippen LogP contribution in [0.15, 0.2) is 0 Å². The molecule has 0 amide bonds. The molecule has 0 bridgehead atoms. The summed E-state index contributed by atoms with van der Waals surface area (Å²) in [5, 5.41) is 0. The molecule has 1 fully saturated rings. The lowest BCUT2D eigenvalue weighted by Crippen LogP contribution is -2.47. The Morgan fingerprint density at radius 3 is 2.08 bits per heavy atom. The van der Waals surface area contributed by atoms with Gasteiger partial charge < -0.3 is 0 Å². The van der Waals surface area contributed by atoms with Crippen molar-refractivity contribution in [1.82, 2.24) is 0 Å². The van der Waals surface area contributed by atoms with E-state index < -0.39 is 8.07 Å². The molecule has 74 valence electrons. The van der Waals surface area contributed by atoms with Crippen LogP contribution in [0.4, 0.5) is 0 Å². The van der Waals surface area contributed by atoms with E-state index in [2.05, 4.69) is 55.0 Å². The third-order valence-corrected chi connectivity index (χ3v) is 11.5. The van der Waals surface area contributed by atoms with Gasteiger partial charge >= 0.3 is 0 Å². The Kier molecular flexibility index (Phi) is 3.85. The number of hydrogen-bond donors (Lipinski definition) is 0. The second kappa shape index (κ2) is 4.33. The van der Waals surface area contributed by atoms with Crippen molar-refractivity contribution in [3.63, 3.8) is 0 Å². The van der Waals surface area contributed by atoms with Crippen molar-refractivity contribution in [2.24, 2.45) is 0 Å². The molecule has 1 aliphatic rings. The van der Waals surface area contributed by atoms with Crippen LogP contribution in [-0.2, 0) is 0 Å². The molecular weight excluding hydrogens is 212 g/mol. The summed E-state index contributed by atoms with van der Waals surface area (Å²) in [5.41, 5.74) is 0. The van der Waals surface area contributed by atoms with Gasteiger partial charge in [0, 0.05) is 0 Å². The van der Waals surface area contributed by atoms with Crippen molar-refractivity contribution in [3.8, 4) is 11.8 Å². The molecule has 1 saturated heterocycles. The minimum atomic E-state index is -1.18. The summed E-state index contributed by atoms with van der Waals surface area (Å²) < 4.78 is 0.278. The summed E-state index contributed by atoms with van der Waals surface area (Å²) in [4.78, 5) is 0. The molecule has 0 saturated carbocycles. The van der Waals surface area contributed by atoms with E-state index >= 15 is 0 Å². The molecule has 1 rings (SSSR count). The van der Waals surface area contributed by atoms with Gasteiger partial charge in [-0.15, -0.1) is 29.4 Å². The van der Waals surface area contributed by atoms with Crippen LogP contribution in [0.1, 0.15) is 13.3 Å². The summed E-state index contributed by atoms with van der Waals surface area (Å²) in [7, 11) is -1.18. The number of rotatable bonds is 1. The lowest BCUT2D eigenvalue weighted by Gasteiger charge is -2.40. The molecule has 0 N–H and O–H groups in total. The predicted molar refractivity (Wildman–Crippen MR) is 69.1 cm³/mol. The average molecular weight is 230 g/mol. The molecule has 0 aromatic heterocycles. The van der Waals surface area contributed by atoms with E-state index in [0.717, 1.165) is 0 Å². The van der Waals surface area contributed by atoms with E-state index in [1.54, 1.807) is 0 Å². The van der Waals surface area contributed by atoms with Crippen LogP contribution in [0.2, 0.25) is 19.6 Å². The molecule has 0 nitrogen and oxygen atoms in total. The van der Waals surface area contributed by atoms with E-state index in [1.165, 1.54) is 17.9 Å². The predicted octanol–water partition coefficient (Wildman–Crippen LogP) is 3.45. The Morgan fingerprint density at radius 1 is 1.15 bits per heavy atom. The van der Waals surface area contributed by atoms with Crippen LogP contribution in [0, 0.1) is 11.8 Å². The van der Waals surface area contributed by atoms with E-state index in [1.807, 2.05) is 6.92 Å². The molecule has 3 heteroatoms. The first kappa shape index (κ1) is 11.6. The third kappa shape index (κ3) is 2.48. The summed E-state index contributed by atoms with van der Waals surface area (Å²) in [6.07, 6.45) is 1.35. The van der Waals surface area contributed by atoms with Crippen LogP contribution < -0.4 is 0 Å². The lowest BCUT2D eigenvalue weighted by atomic mass is 10.6. The van der Waals surface area contributed by atoms with E-state index in [9.17, 15) is 0 Å². The van der Waals surface area contributed by atoms with E-state index in [-0.39, 0.29) is 3.70 Å². The molecule has 0 aromatic rings. The van der Waals surface area contributed by atoms with Gasteiger partial charge in [-0.1, -0.05) is 25.6 Å². The van der Waals surface area contributed by atoms with E-state index in [0.29, 0.717) is 0 Å². The zero-order valence-electron chi connectivity index (χ0n) is 8.94. The summed E-state index contributed by atoms with van der Waals surface area (Å²) >= 11 is 4.19. The highest BCUT2D eigenvalue weighted by atomic mass is 32.2. The van der Waals surface area contributed by atoms with Gasteiger partial charge in [0.05, 0.1) is 8.07 Å². The summed E-state index contributed by atoms with van der Waals surface area (Å²) in [5.74, 6) is 9.20. The molecular formula is C10H18S2Si. The normalized spacial score (nSPS) is 21.8. The molecule has 0 spiro atoms. The van der Waals surface area contributed by atoms with Crippen LogP contribution in [0.5, 0.6) is 0 Å². The highest BCUT2D eigenvalue weighted by molar-refractivity contribution is 8.21. The zero-order chi connectivity index (χ0) is 9.95. The largest absolute Gasteiger partial charge is 0.135 e. The minimum absolute atomic E-state index is 0.278. The molecule has 1 heterocycles. The number of thioether (sulfide) groups is 2. The Labute approximate surface area is 91.6 Å². The van der Waals surface area contributed by atoms with Crippen LogP contribution in [0.3, 0.4) is 0 Å². The van der Waals surface area contributed by atoms with Crippen molar-refractivity contribution >= 4 is 31.6 Å². The first-order chi connectivity index (χ1) is 6.02. The number of hydrogen-bond acceptors (Lipinski definition) is 2. The molecule has 0 atom stereocenters. The molecule has 0 unspecified atom stereocenters. The first-order valence-electron chi connectivity index (χ1n) is 4.74. The van der Waals surface area contributed by atoms with Crippen LogP contribution >= 0.6 is 23.5 Å². The van der Waals surface area contributed by atoms with Crippen molar-refractivity contribution in [3.05, 3.63) is 0 Å². The van der Waals surface area contributed by atoms with Crippen molar-refractivity contribution in [2.45, 2.75) is 36.7 Å². The monoisotopic (exact) mass is 230 g/mol. The second-order valence-electron chi connectivity index (χ2n) is 4.29. The highest BCUT2D eigenvalue weighted by Gasteiger charge is 2.44. The summed E-state index contributed by atoms with van der Waals surface area (Å²) in [6.45, 7) is 9.27. The molecule has 0 radical (unpaired) electrons. The van der Waals surface area contributed by atoms with Crippen molar-refractivity contribution in [1.29, 1.82) is 0 Å². The molecule has 13 heavy (non-hydrogen) atoms. The fourth-order valence-corrected chi connectivity index (χ4v) is 8.48. The van der Waals surface area contributed by atoms with Gasteiger partial charge in [-0.05, 0) is 24.9 Å². The standard InChI is InChI=1S/C10H18S2Si/c1-5-7-10(13(2,3)4)11-8-6-9-12-10/h6,8-9H2,1-4H3. The van der Waals surface area contributed by atoms with Gasteiger partial charge in [0.25, 0.3) is 0 Å². The Hall–Kier alpha value is 0.477. The van der Waals surface area contributed by atoms with Gasteiger partial charge in [0.1, 0.15) is 3.70 Å². The van der Waals surface area contributed by atoms with Crippen LogP contribution in [0.25, 0.3) is 0 Å². The smallest absolute Gasteiger partial charge is 0.110 e. The van der Waals surface area contributed by atoms with E-state index in [4.69, 9.17) is 0 Å². The minimum Gasteiger partial charge on any atom is -0.135 e. The highest BCUT2D eigenvalue weighted by Crippen LogP contribution is 2.47. The maximum absolute atomic E-state index is 3.48. The quantitative estimate of drug-likeness (QED) is 0.500. The Morgan fingerprint density at radius 2 is 1.69 bits per heavy atom. The first-order valence-corrected chi connectivity index (χ1v) is 10.2. The van der Waals surface area contributed by atoms with Gasteiger partial charge in [-0.2, -0.15) is 0 Å². The van der Waals surface area contributed by atoms with Gasteiger partial charge in [-0.3, -0.25) is 0 Å². The average Bonchev–Trinajstić information content (AvgIpc) is 2.04. The topological polar surface area (TPSA) is 0 Å². The van der Waals surface area contributed by atoms with Crippen molar-refractivity contribution in [2.75, 3.05) is 11.5 Å². The Balaban J connectivity index is 2.90. The van der Waals surface area contributed by atoms with Gasteiger partial charge in [-0.25, -0.2) is 0 Å². The Bertz CT molecular complexity index is 226. The van der Waals surface area contributed by atoms with Gasteiger partial charge in [0.2, 0.25) is 0 Å². The van der Waals surface area contributed by atoms with Crippen molar-refractivity contribution < 1.29 is 0 Å². The second-order valence-corrected chi connectivity index (χ2v) is 13.1. The lowest BCUT2D eigenvalue weighted by molar-refractivity contribution is 1.10. The van der Waals surface area contributed by atoms with Crippen LogP contribution in [-0.4, -0.2) is 23.3 Å². The molecule has 0 aliphatic carbocycles. The maximum Gasteiger partial charge on any atom is 0.110 e. The summed E-state index contributed by atoms with van der Waals surface area (Å²) in [6, 6.07) is 0. The zero-order valence-corrected chi connectivity index (χ0v) is 11.6. The maximum atomic E-state index is 3.48. The van der Waals surface area contributed by atoms with Gasteiger partial charge in [0.15, 0.2) is 0 Å². The third-order valence-electron chi connectivity index (χ3n) is 2.18. The molecule has 1 aliphatic heterocycles. The SMILES string of the molecule is CC#CC1([Si](C)(C)C)SCCCS1.